The van der Waals surface area contributed by atoms with E-state index in [9.17, 15) is 0 Å². The summed E-state index contributed by atoms with van der Waals surface area (Å²) in [7, 11) is 0. The number of rotatable bonds is 8. The van der Waals surface area contributed by atoms with Gasteiger partial charge in [-0.1, -0.05) is 6.07 Å². The summed E-state index contributed by atoms with van der Waals surface area (Å²) >= 11 is 0. The SMILES string of the molecule is Cc1cc2c(cc1CN(CCCN1CCOCC1)Cc1cccnc1)OCO2. The minimum atomic E-state index is 0.317. The van der Waals surface area contributed by atoms with Gasteiger partial charge in [0.15, 0.2) is 11.5 Å². The molecule has 0 atom stereocenters. The number of hydrogen-bond acceptors (Lipinski definition) is 6. The number of nitrogens with zero attached hydrogens (tertiary/aromatic N) is 3. The van der Waals surface area contributed by atoms with Gasteiger partial charge in [0.05, 0.1) is 13.2 Å². The molecule has 2 aliphatic heterocycles. The van der Waals surface area contributed by atoms with E-state index in [1.54, 1.807) is 0 Å². The van der Waals surface area contributed by atoms with Gasteiger partial charge in [0, 0.05) is 45.1 Å². The van der Waals surface area contributed by atoms with Crippen molar-refractivity contribution in [3.8, 4) is 11.5 Å². The van der Waals surface area contributed by atoms with Crippen molar-refractivity contribution in [3.05, 3.63) is 53.3 Å². The first-order chi connectivity index (χ1) is 13.8. The fourth-order valence-electron chi connectivity index (χ4n) is 3.80. The van der Waals surface area contributed by atoms with Crippen molar-refractivity contribution >= 4 is 0 Å². The lowest BCUT2D eigenvalue weighted by molar-refractivity contribution is 0.0359. The Balaban J connectivity index is 1.41. The summed E-state index contributed by atoms with van der Waals surface area (Å²) in [5.41, 5.74) is 3.78. The average Bonchev–Trinajstić information content (AvgIpc) is 3.17. The second-order valence-corrected chi connectivity index (χ2v) is 7.51. The molecule has 0 aliphatic carbocycles. The van der Waals surface area contributed by atoms with E-state index in [1.807, 2.05) is 18.5 Å². The highest BCUT2D eigenvalue weighted by Gasteiger charge is 2.18. The van der Waals surface area contributed by atoms with Crippen molar-refractivity contribution in [1.82, 2.24) is 14.8 Å². The van der Waals surface area contributed by atoms with Crippen molar-refractivity contribution in [2.45, 2.75) is 26.4 Å². The van der Waals surface area contributed by atoms with Crippen LogP contribution in [0, 0.1) is 6.92 Å². The van der Waals surface area contributed by atoms with Gasteiger partial charge in [-0.05, 0) is 54.8 Å². The lowest BCUT2D eigenvalue weighted by atomic mass is 10.1. The molecule has 0 saturated carbocycles. The highest BCUT2D eigenvalue weighted by atomic mass is 16.7. The Morgan fingerprint density at radius 2 is 1.93 bits per heavy atom. The zero-order valence-corrected chi connectivity index (χ0v) is 16.6. The third-order valence-corrected chi connectivity index (χ3v) is 5.41. The van der Waals surface area contributed by atoms with Gasteiger partial charge >= 0.3 is 0 Å². The van der Waals surface area contributed by atoms with Gasteiger partial charge in [-0.25, -0.2) is 0 Å². The van der Waals surface area contributed by atoms with E-state index in [2.05, 4.69) is 39.9 Å². The van der Waals surface area contributed by atoms with Crippen LogP contribution in [-0.4, -0.2) is 61.0 Å². The molecule has 2 aliphatic rings. The largest absolute Gasteiger partial charge is 0.454 e. The predicted octanol–water partition coefficient (Wildman–Crippen LogP) is 2.84. The average molecular weight is 383 g/mol. The second kappa shape index (κ2) is 9.37. The van der Waals surface area contributed by atoms with Gasteiger partial charge in [-0.15, -0.1) is 0 Å². The number of morpholine rings is 1. The molecule has 0 unspecified atom stereocenters. The molecule has 1 fully saturated rings. The fourth-order valence-corrected chi connectivity index (χ4v) is 3.80. The molecule has 3 heterocycles. The van der Waals surface area contributed by atoms with Crippen molar-refractivity contribution in [1.29, 1.82) is 0 Å². The summed E-state index contributed by atoms with van der Waals surface area (Å²) in [4.78, 5) is 9.28. The predicted molar refractivity (Wildman–Crippen MR) is 108 cm³/mol. The molecule has 6 heteroatoms. The Hall–Kier alpha value is -2.15. The zero-order chi connectivity index (χ0) is 19.2. The standard InChI is InChI=1S/C22H29N3O3/c1-18-12-21-22(28-17-27-21)13-20(18)16-25(15-19-4-2-5-23-14-19)7-3-6-24-8-10-26-11-9-24/h2,4-5,12-14H,3,6-11,15-17H2,1H3. The second-order valence-electron chi connectivity index (χ2n) is 7.51. The molecule has 4 rings (SSSR count). The van der Waals surface area contributed by atoms with Crippen molar-refractivity contribution in [2.75, 3.05) is 46.2 Å². The molecular formula is C22H29N3O3. The number of benzene rings is 1. The molecule has 1 aromatic heterocycles. The molecule has 0 amide bonds. The summed E-state index contributed by atoms with van der Waals surface area (Å²) < 4.78 is 16.5. The lowest BCUT2D eigenvalue weighted by Gasteiger charge is -2.28. The van der Waals surface area contributed by atoms with E-state index in [0.717, 1.165) is 70.4 Å². The van der Waals surface area contributed by atoms with Gasteiger partial charge in [0.2, 0.25) is 6.79 Å². The Morgan fingerprint density at radius 1 is 1.11 bits per heavy atom. The molecule has 1 saturated heterocycles. The molecule has 2 aromatic rings. The maximum atomic E-state index is 5.59. The highest BCUT2D eigenvalue weighted by Crippen LogP contribution is 2.35. The van der Waals surface area contributed by atoms with Crippen LogP contribution in [0.3, 0.4) is 0 Å². The number of aryl methyl sites for hydroxylation is 1. The van der Waals surface area contributed by atoms with Crippen LogP contribution in [0.25, 0.3) is 0 Å². The third kappa shape index (κ3) is 5.01. The van der Waals surface area contributed by atoms with E-state index < -0.39 is 0 Å². The van der Waals surface area contributed by atoms with Crippen LogP contribution in [0.4, 0.5) is 0 Å². The molecule has 150 valence electrons. The van der Waals surface area contributed by atoms with Gasteiger partial charge in [-0.2, -0.15) is 0 Å². The molecule has 0 N–H and O–H groups in total. The van der Waals surface area contributed by atoms with Crippen LogP contribution in [0.15, 0.2) is 36.7 Å². The van der Waals surface area contributed by atoms with Crippen LogP contribution in [-0.2, 0) is 17.8 Å². The van der Waals surface area contributed by atoms with Crippen LogP contribution < -0.4 is 9.47 Å². The molecule has 28 heavy (non-hydrogen) atoms. The molecule has 0 radical (unpaired) electrons. The van der Waals surface area contributed by atoms with Gasteiger partial charge < -0.3 is 14.2 Å². The smallest absolute Gasteiger partial charge is 0.231 e. The first kappa shape index (κ1) is 19.2. The number of fused-ring (bicyclic) bond motifs is 1. The number of ether oxygens (including phenoxy) is 3. The Kier molecular flexibility index (Phi) is 6.41. The monoisotopic (exact) mass is 383 g/mol. The third-order valence-electron chi connectivity index (χ3n) is 5.41. The van der Waals surface area contributed by atoms with E-state index in [-0.39, 0.29) is 0 Å². The number of pyridine rings is 1. The molecule has 0 spiro atoms. The molecule has 1 aromatic carbocycles. The summed E-state index contributed by atoms with van der Waals surface area (Å²) in [6, 6.07) is 8.38. The van der Waals surface area contributed by atoms with Crippen molar-refractivity contribution in [2.24, 2.45) is 0 Å². The summed E-state index contributed by atoms with van der Waals surface area (Å²) in [6.45, 7) is 10.2. The maximum Gasteiger partial charge on any atom is 0.231 e. The lowest BCUT2D eigenvalue weighted by Crippen LogP contribution is -2.38. The fraction of sp³-hybridized carbons (Fsp3) is 0.500. The van der Waals surface area contributed by atoms with Gasteiger partial charge in [-0.3, -0.25) is 14.8 Å². The number of aromatic nitrogens is 1. The van der Waals surface area contributed by atoms with Crippen molar-refractivity contribution < 1.29 is 14.2 Å². The van der Waals surface area contributed by atoms with E-state index >= 15 is 0 Å². The zero-order valence-electron chi connectivity index (χ0n) is 16.6. The number of hydrogen-bond donors (Lipinski definition) is 0. The van der Waals surface area contributed by atoms with E-state index in [0.29, 0.717) is 6.79 Å². The topological polar surface area (TPSA) is 47.1 Å². The van der Waals surface area contributed by atoms with Gasteiger partial charge in [0.25, 0.3) is 0 Å². The summed E-state index contributed by atoms with van der Waals surface area (Å²) in [6.07, 6.45) is 4.93. The Bertz CT molecular complexity index is 763. The van der Waals surface area contributed by atoms with Gasteiger partial charge in [0.1, 0.15) is 0 Å². The summed E-state index contributed by atoms with van der Waals surface area (Å²) in [5.74, 6) is 1.71. The quantitative estimate of drug-likeness (QED) is 0.699. The minimum Gasteiger partial charge on any atom is -0.454 e. The highest BCUT2D eigenvalue weighted by molar-refractivity contribution is 5.48. The van der Waals surface area contributed by atoms with Crippen LogP contribution >= 0.6 is 0 Å². The summed E-state index contributed by atoms with van der Waals surface area (Å²) in [5, 5.41) is 0. The molecular weight excluding hydrogens is 354 g/mol. The van der Waals surface area contributed by atoms with E-state index in [4.69, 9.17) is 14.2 Å². The minimum absolute atomic E-state index is 0.317. The van der Waals surface area contributed by atoms with Crippen molar-refractivity contribution in [3.63, 3.8) is 0 Å². The van der Waals surface area contributed by atoms with E-state index in [1.165, 1.54) is 16.7 Å². The first-order valence-electron chi connectivity index (χ1n) is 10.1. The Morgan fingerprint density at radius 3 is 2.71 bits per heavy atom. The molecule has 6 nitrogen and oxygen atoms in total. The Labute approximate surface area is 167 Å². The maximum absolute atomic E-state index is 5.59. The van der Waals surface area contributed by atoms with Crippen LogP contribution in [0.5, 0.6) is 11.5 Å². The first-order valence-corrected chi connectivity index (χ1v) is 10.1. The molecule has 0 bridgehead atoms. The normalized spacial score (nSPS) is 16.6. The van der Waals surface area contributed by atoms with Crippen LogP contribution in [0.2, 0.25) is 0 Å². The van der Waals surface area contributed by atoms with Crippen LogP contribution in [0.1, 0.15) is 23.1 Å².